The molecule has 1 aromatic carbocycles. The molecule has 0 bridgehead atoms. The number of anilines is 1. The molecule has 0 spiro atoms. The van der Waals surface area contributed by atoms with Crippen molar-refractivity contribution in [3.8, 4) is 0 Å². The van der Waals surface area contributed by atoms with Crippen LogP contribution < -0.4 is 10.2 Å². The van der Waals surface area contributed by atoms with Crippen molar-refractivity contribution in [2.45, 2.75) is 37.5 Å². The van der Waals surface area contributed by atoms with Gasteiger partial charge in [-0.1, -0.05) is 25.1 Å². The first-order chi connectivity index (χ1) is 9.34. The molecule has 0 aliphatic carbocycles. The Labute approximate surface area is 121 Å². The smallest absolute Gasteiger partial charge is 0.0399 e. The molecule has 3 heteroatoms. The monoisotopic (exact) mass is 276 g/mol. The molecule has 2 atom stereocenters. The van der Waals surface area contributed by atoms with Crippen LogP contribution in [0.5, 0.6) is 0 Å². The molecule has 0 amide bonds. The Balaban J connectivity index is 1.41. The molecule has 1 N–H and O–H groups in total. The van der Waals surface area contributed by atoms with Gasteiger partial charge < -0.3 is 10.2 Å². The Kier molecular flexibility index (Phi) is 4.34. The van der Waals surface area contributed by atoms with Crippen LogP contribution in [0.4, 0.5) is 5.69 Å². The maximum atomic E-state index is 3.73. The highest BCUT2D eigenvalue weighted by Crippen LogP contribution is 2.28. The Morgan fingerprint density at radius 2 is 2.26 bits per heavy atom. The minimum absolute atomic E-state index is 0.746. The van der Waals surface area contributed by atoms with E-state index in [1.807, 2.05) is 0 Å². The highest BCUT2D eigenvalue weighted by molar-refractivity contribution is 8.00. The average Bonchev–Trinajstić information content (AvgIpc) is 3.02. The number of para-hydroxylation sites is 1. The van der Waals surface area contributed by atoms with E-state index >= 15 is 0 Å². The third kappa shape index (κ3) is 3.09. The summed E-state index contributed by atoms with van der Waals surface area (Å²) < 4.78 is 0. The van der Waals surface area contributed by atoms with E-state index in [0.29, 0.717) is 0 Å². The van der Waals surface area contributed by atoms with Crippen LogP contribution in [0.2, 0.25) is 0 Å². The van der Waals surface area contributed by atoms with Crippen molar-refractivity contribution in [1.82, 2.24) is 5.32 Å². The number of fused-ring (bicyclic) bond motifs is 1. The molecular weight excluding hydrogens is 252 g/mol. The SMILES string of the molecule is CC1SCCC1NCCCN1CCc2ccccc21. The van der Waals surface area contributed by atoms with Crippen LogP contribution in [0.3, 0.4) is 0 Å². The predicted octanol–water partition coefficient (Wildman–Crippen LogP) is 2.92. The third-order valence-corrected chi connectivity index (χ3v) is 5.70. The van der Waals surface area contributed by atoms with Crippen LogP contribution in [0.1, 0.15) is 25.3 Å². The molecule has 19 heavy (non-hydrogen) atoms. The summed E-state index contributed by atoms with van der Waals surface area (Å²) >= 11 is 2.11. The van der Waals surface area contributed by atoms with Gasteiger partial charge in [-0.2, -0.15) is 11.8 Å². The molecule has 1 fully saturated rings. The summed E-state index contributed by atoms with van der Waals surface area (Å²) in [7, 11) is 0. The molecule has 0 saturated carbocycles. The Hall–Kier alpha value is -0.670. The maximum absolute atomic E-state index is 3.73. The second-order valence-electron chi connectivity index (χ2n) is 5.64. The van der Waals surface area contributed by atoms with E-state index in [4.69, 9.17) is 0 Å². The first kappa shape index (κ1) is 13.3. The number of rotatable bonds is 5. The molecule has 1 aromatic rings. The van der Waals surface area contributed by atoms with Gasteiger partial charge in [-0.05, 0) is 43.2 Å². The fraction of sp³-hybridized carbons (Fsp3) is 0.625. The zero-order valence-corrected chi connectivity index (χ0v) is 12.6. The summed E-state index contributed by atoms with van der Waals surface area (Å²) in [5.74, 6) is 1.33. The summed E-state index contributed by atoms with van der Waals surface area (Å²) in [5.41, 5.74) is 2.99. The zero-order chi connectivity index (χ0) is 13.1. The van der Waals surface area contributed by atoms with Crippen LogP contribution in [0.25, 0.3) is 0 Å². The summed E-state index contributed by atoms with van der Waals surface area (Å²) in [6, 6.07) is 9.60. The molecule has 2 heterocycles. The van der Waals surface area contributed by atoms with Crippen LogP contribution in [0, 0.1) is 0 Å². The second-order valence-corrected chi connectivity index (χ2v) is 7.13. The Bertz CT molecular complexity index is 421. The predicted molar refractivity (Wildman–Crippen MR) is 85.3 cm³/mol. The molecule has 104 valence electrons. The third-order valence-electron chi connectivity index (χ3n) is 4.37. The van der Waals surface area contributed by atoms with Gasteiger partial charge in [-0.25, -0.2) is 0 Å². The lowest BCUT2D eigenvalue weighted by molar-refractivity contribution is 0.504. The fourth-order valence-corrected chi connectivity index (χ4v) is 4.42. The van der Waals surface area contributed by atoms with Gasteiger partial charge in [-0.15, -0.1) is 0 Å². The number of nitrogens with zero attached hydrogens (tertiary/aromatic N) is 1. The Morgan fingerprint density at radius 1 is 1.37 bits per heavy atom. The molecular formula is C16H24N2S. The van der Waals surface area contributed by atoms with Crippen molar-refractivity contribution in [3.05, 3.63) is 29.8 Å². The first-order valence-electron chi connectivity index (χ1n) is 7.52. The maximum Gasteiger partial charge on any atom is 0.0399 e. The van der Waals surface area contributed by atoms with Gasteiger partial charge in [0.15, 0.2) is 0 Å². The van der Waals surface area contributed by atoms with Crippen molar-refractivity contribution < 1.29 is 0 Å². The summed E-state index contributed by atoms with van der Waals surface area (Å²) in [4.78, 5) is 2.55. The summed E-state index contributed by atoms with van der Waals surface area (Å²) in [6.07, 6.45) is 3.82. The van der Waals surface area contributed by atoms with Gasteiger partial charge in [0.25, 0.3) is 0 Å². The van der Waals surface area contributed by atoms with Crippen molar-refractivity contribution in [2.24, 2.45) is 0 Å². The second kappa shape index (κ2) is 6.19. The fourth-order valence-electron chi connectivity index (χ4n) is 3.20. The van der Waals surface area contributed by atoms with Gasteiger partial charge in [0.2, 0.25) is 0 Å². The number of hydrogen-bond acceptors (Lipinski definition) is 3. The van der Waals surface area contributed by atoms with Crippen molar-refractivity contribution in [1.29, 1.82) is 0 Å². The molecule has 2 aliphatic rings. The molecule has 3 rings (SSSR count). The Morgan fingerprint density at radius 3 is 3.11 bits per heavy atom. The van der Waals surface area contributed by atoms with E-state index in [0.717, 1.165) is 17.8 Å². The van der Waals surface area contributed by atoms with Gasteiger partial charge in [0.1, 0.15) is 0 Å². The lowest BCUT2D eigenvalue weighted by Gasteiger charge is -2.21. The summed E-state index contributed by atoms with van der Waals surface area (Å²) in [6.45, 7) is 5.91. The average molecular weight is 276 g/mol. The molecule has 2 unspecified atom stereocenters. The van der Waals surface area contributed by atoms with E-state index in [2.05, 4.69) is 53.2 Å². The van der Waals surface area contributed by atoms with Gasteiger partial charge in [-0.3, -0.25) is 0 Å². The molecule has 0 aromatic heterocycles. The first-order valence-corrected chi connectivity index (χ1v) is 8.57. The van der Waals surface area contributed by atoms with Crippen molar-refractivity contribution >= 4 is 17.4 Å². The standard InChI is InChI=1S/C16H24N2S/c1-13-15(8-12-19-13)17-9-4-10-18-11-7-14-5-2-3-6-16(14)18/h2-3,5-6,13,15,17H,4,7-12H2,1H3. The highest BCUT2D eigenvalue weighted by Gasteiger charge is 2.23. The van der Waals surface area contributed by atoms with E-state index in [9.17, 15) is 0 Å². The summed E-state index contributed by atoms with van der Waals surface area (Å²) in [5, 5.41) is 4.53. The minimum atomic E-state index is 0.746. The van der Waals surface area contributed by atoms with Crippen LogP contribution >= 0.6 is 11.8 Å². The highest BCUT2D eigenvalue weighted by atomic mass is 32.2. The largest absolute Gasteiger partial charge is 0.371 e. The van der Waals surface area contributed by atoms with Crippen LogP contribution in [-0.2, 0) is 6.42 Å². The van der Waals surface area contributed by atoms with E-state index in [-0.39, 0.29) is 0 Å². The molecule has 1 saturated heterocycles. The number of nitrogens with one attached hydrogen (secondary N) is 1. The lowest BCUT2D eigenvalue weighted by Crippen LogP contribution is -2.35. The topological polar surface area (TPSA) is 15.3 Å². The van der Waals surface area contributed by atoms with Crippen molar-refractivity contribution in [3.63, 3.8) is 0 Å². The van der Waals surface area contributed by atoms with Gasteiger partial charge in [0.05, 0.1) is 0 Å². The quantitative estimate of drug-likeness (QED) is 0.833. The lowest BCUT2D eigenvalue weighted by atomic mass is 10.1. The van der Waals surface area contributed by atoms with Gasteiger partial charge >= 0.3 is 0 Å². The molecule has 2 nitrogen and oxygen atoms in total. The van der Waals surface area contributed by atoms with Crippen LogP contribution in [0.15, 0.2) is 24.3 Å². The number of hydrogen-bond donors (Lipinski definition) is 1. The van der Waals surface area contributed by atoms with E-state index in [1.165, 1.54) is 49.4 Å². The van der Waals surface area contributed by atoms with E-state index in [1.54, 1.807) is 0 Å². The minimum Gasteiger partial charge on any atom is -0.371 e. The van der Waals surface area contributed by atoms with Crippen LogP contribution in [-0.4, -0.2) is 36.7 Å². The zero-order valence-electron chi connectivity index (χ0n) is 11.8. The van der Waals surface area contributed by atoms with E-state index < -0.39 is 0 Å². The number of thioether (sulfide) groups is 1. The number of benzene rings is 1. The van der Waals surface area contributed by atoms with Crippen molar-refractivity contribution in [2.75, 3.05) is 30.3 Å². The van der Waals surface area contributed by atoms with Gasteiger partial charge in [0, 0.05) is 30.1 Å². The molecule has 2 aliphatic heterocycles. The normalized spacial score (nSPS) is 25.8. The molecule has 0 radical (unpaired) electrons.